The van der Waals surface area contributed by atoms with Crippen molar-refractivity contribution in [1.82, 2.24) is 4.90 Å². The number of ether oxygens (including phenoxy) is 3. The number of aryl methyl sites for hydroxylation is 1. The predicted molar refractivity (Wildman–Crippen MR) is 105 cm³/mol. The van der Waals surface area contributed by atoms with Crippen LogP contribution in [0.5, 0.6) is 11.5 Å². The van der Waals surface area contributed by atoms with Crippen molar-refractivity contribution in [3.63, 3.8) is 0 Å². The molecule has 2 aromatic carbocycles. The van der Waals surface area contributed by atoms with E-state index in [1.54, 1.807) is 26.4 Å². The maximum atomic E-state index is 12.8. The Morgan fingerprint density at radius 1 is 1.18 bits per heavy atom. The van der Waals surface area contributed by atoms with Gasteiger partial charge in [0.15, 0.2) is 0 Å². The van der Waals surface area contributed by atoms with Crippen molar-refractivity contribution in [3.8, 4) is 11.5 Å². The topological polar surface area (TPSA) is 77.1 Å². The van der Waals surface area contributed by atoms with Crippen LogP contribution in [0.4, 0.5) is 5.69 Å². The third kappa shape index (κ3) is 4.43. The number of rotatable bonds is 6. The molecular weight excluding hydrogens is 360 g/mol. The molecule has 1 N–H and O–H groups in total. The lowest BCUT2D eigenvalue weighted by molar-refractivity contribution is -0.154. The summed E-state index contributed by atoms with van der Waals surface area (Å²) in [5, 5.41) is 2.86. The number of nitrogens with one attached hydrogen (secondary N) is 1. The lowest BCUT2D eigenvalue weighted by Gasteiger charge is -2.34. The largest absolute Gasteiger partial charge is 0.497 e. The summed E-state index contributed by atoms with van der Waals surface area (Å²) >= 11 is 0. The van der Waals surface area contributed by atoms with E-state index in [2.05, 4.69) is 5.32 Å². The maximum Gasteiger partial charge on any atom is 0.249 e. The van der Waals surface area contributed by atoms with Crippen LogP contribution in [0.15, 0.2) is 42.5 Å². The molecule has 1 atom stereocenters. The van der Waals surface area contributed by atoms with Gasteiger partial charge in [0, 0.05) is 17.3 Å². The van der Waals surface area contributed by atoms with E-state index in [-0.39, 0.29) is 31.6 Å². The Balaban J connectivity index is 1.79. The van der Waals surface area contributed by atoms with E-state index in [0.717, 1.165) is 11.1 Å². The number of methoxy groups -OCH3 is 2. The molecule has 0 aromatic heterocycles. The summed E-state index contributed by atoms with van der Waals surface area (Å²) in [7, 11) is 3.13. The normalized spacial score (nSPS) is 16.6. The lowest BCUT2D eigenvalue weighted by atomic mass is 10.1. The first-order valence-electron chi connectivity index (χ1n) is 8.97. The molecule has 148 valence electrons. The van der Waals surface area contributed by atoms with Crippen molar-refractivity contribution in [2.75, 3.05) is 32.8 Å². The minimum absolute atomic E-state index is 0.0488. The number of amides is 2. The molecule has 0 radical (unpaired) electrons. The fraction of sp³-hybridized carbons (Fsp3) is 0.333. The van der Waals surface area contributed by atoms with E-state index >= 15 is 0 Å². The third-order valence-electron chi connectivity index (χ3n) is 4.65. The number of hydrogen-bond acceptors (Lipinski definition) is 5. The van der Waals surface area contributed by atoms with Crippen LogP contribution in [-0.4, -0.2) is 50.2 Å². The Hall–Kier alpha value is -3.06. The zero-order chi connectivity index (χ0) is 20.1. The molecule has 1 aliphatic heterocycles. The highest BCUT2D eigenvalue weighted by atomic mass is 16.5. The van der Waals surface area contributed by atoms with Crippen molar-refractivity contribution in [2.45, 2.75) is 19.5 Å². The zero-order valence-corrected chi connectivity index (χ0v) is 16.2. The summed E-state index contributed by atoms with van der Waals surface area (Å²) in [6.45, 7) is 2.30. The standard InChI is InChI=1S/C21H24N2O5/c1-14-4-7-16(8-5-14)22-21(25)18-12-28-13-20(24)23(18)11-15-6-9-17(26-2)10-19(15)27-3/h4-10,18H,11-13H2,1-3H3,(H,22,25)/t18-/m0/s1. The molecule has 0 bridgehead atoms. The van der Waals surface area contributed by atoms with Gasteiger partial charge in [-0.3, -0.25) is 9.59 Å². The SMILES string of the molecule is COc1ccc(CN2C(=O)COC[C@H]2C(=O)Nc2ccc(C)cc2)c(OC)c1. The highest BCUT2D eigenvalue weighted by molar-refractivity contribution is 5.98. The van der Waals surface area contributed by atoms with Gasteiger partial charge >= 0.3 is 0 Å². The number of carbonyl (C=O) groups excluding carboxylic acids is 2. The minimum Gasteiger partial charge on any atom is -0.497 e. The second-order valence-corrected chi connectivity index (χ2v) is 6.59. The third-order valence-corrected chi connectivity index (χ3v) is 4.65. The van der Waals surface area contributed by atoms with Gasteiger partial charge in [-0.05, 0) is 31.2 Å². The van der Waals surface area contributed by atoms with E-state index in [0.29, 0.717) is 17.2 Å². The van der Waals surface area contributed by atoms with Crippen LogP contribution in [0.2, 0.25) is 0 Å². The number of anilines is 1. The van der Waals surface area contributed by atoms with Gasteiger partial charge in [-0.1, -0.05) is 17.7 Å². The monoisotopic (exact) mass is 384 g/mol. The minimum atomic E-state index is -0.727. The summed E-state index contributed by atoms with van der Waals surface area (Å²) in [4.78, 5) is 26.8. The van der Waals surface area contributed by atoms with Crippen LogP contribution >= 0.6 is 0 Å². The van der Waals surface area contributed by atoms with Crippen LogP contribution in [0.3, 0.4) is 0 Å². The van der Waals surface area contributed by atoms with Gasteiger partial charge in [0.1, 0.15) is 24.1 Å². The summed E-state index contributed by atoms with van der Waals surface area (Å²) in [5.74, 6) is 0.719. The molecule has 0 unspecified atom stereocenters. The van der Waals surface area contributed by atoms with Crippen LogP contribution < -0.4 is 14.8 Å². The Morgan fingerprint density at radius 2 is 1.93 bits per heavy atom. The molecule has 0 aliphatic carbocycles. The van der Waals surface area contributed by atoms with E-state index in [4.69, 9.17) is 14.2 Å². The molecule has 7 nitrogen and oxygen atoms in total. The molecule has 3 rings (SSSR count). The smallest absolute Gasteiger partial charge is 0.249 e. The summed E-state index contributed by atoms with van der Waals surface area (Å²) < 4.78 is 16.0. The number of morpholine rings is 1. The van der Waals surface area contributed by atoms with Crippen molar-refractivity contribution in [1.29, 1.82) is 0 Å². The number of hydrogen-bond donors (Lipinski definition) is 1. The number of benzene rings is 2. The van der Waals surface area contributed by atoms with Gasteiger partial charge in [0.2, 0.25) is 11.8 Å². The predicted octanol–water partition coefficient (Wildman–Crippen LogP) is 2.38. The van der Waals surface area contributed by atoms with Crippen molar-refractivity contribution in [2.24, 2.45) is 0 Å². The molecule has 28 heavy (non-hydrogen) atoms. The molecule has 1 heterocycles. The van der Waals surface area contributed by atoms with Gasteiger partial charge in [-0.25, -0.2) is 0 Å². The van der Waals surface area contributed by atoms with Crippen LogP contribution in [0, 0.1) is 6.92 Å². The average Bonchev–Trinajstić information content (AvgIpc) is 2.71. The van der Waals surface area contributed by atoms with Gasteiger partial charge in [0.05, 0.1) is 27.4 Å². The van der Waals surface area contributed by atoms with E-state index in [1.807, 2.05) is 37.3 Å². The first-order valence-corrected chi connectivity index (χ1v) is 8.97. The molecule has 1 aliphatic rings. The zero-order valence-electron chi connectivity index (χ0n) is 16.2. The number of nitrogens with zero attached hydrogens (tertiary/aromatic N) is 1. The first-order chi connectivity index (χ1) is 13.5. The average molecular weight is 384 g/mol. The molecule has 1 saturated heterocycles. The Labute approximate surface area is 164 Å². The molecule has 0 spiro atoms. The molecule has 1 fully saturated rings. The quantitative estimate of drug-likeness (QED) is 0.828. The summed E-state index contributed by atoms with van der Waals surface area (Å²) in [5.41, 5.74) is 2.56. The maximum absolute atomic E-state index is 12.8. The number of carbonyl (C=O) groups is 2. The second-order valence-electron chi connectivity index (χ2n) is 6.59. The van der Waals surface area contributed by atoms with Crippen LogP contribution in [-0.2, 0) is 20.9 Å². The van der Waals surface area contributed by atoms with E-state index in [9.17, 15) is 9.59 Å². The summed E-state index contributed by atoms with van der Waals surface area (Å²) in [6.07, 6.45) is 0. The molecule has 7 heteroatoms. The van der Waals surface area contributed by atoms with E-state index < -0.39 is 6.04 Å². The molecule has 0 saturated carbocycles. The van der Waals surface area contributed by atoms with Crippen molar-refractivity contribution < 1.29 is 23.8 Å². The van der Waals surface area contributed by atoms with Crippen LogP contribution in [0.1, 0.15) is 11.1 Å². The summed E-state index contributed by atoms with van der Waals surface area (Å²) in [6, 6.07) is 12.1. The van der Waals surface area contributed by atoms with Gasteiger partial charge < -0.3 is 24.4 Å². The fourth-order valence-corrected chi connectivity index (χ4v) is 3.05. The fourth-order valence-electron chi connectivity index (χ4n) is 3.05. The van der Waals surface area contributed by atoms with Crippen molar-refractivity contribution >= 4 is 17.5 Å². The highest BCUT2D eigenvalue weighted by Crippen LogP contribution is 2.27. The van der Waals surface area contributed by atoms with Gasteiger partial charge in [-0.2, -0.15) is 0 Å². The second kappa shape index (κ2) is 8.75. The first kappa shape index (κ1) is 19.7. The lowest BCUT2D eigenvalue weighted by Crippen LogP contribution is -2.54. The molecular formula is C21H24N2O5. The highest BCUT2D eigenvalue weighted by Gasteiger charge is 2.34. The van der Waals surface area contributed by atoms with Crippen LogP contribution in [0.25, 0.3) is 0 Å². The molecule has 2 amide bonds. The van der Waals surface area contributed by atoms with Gasteiger partial charge in [0.25, 0.3) is 0 Å². The Bertz CT molecular complexity index is 850. The van der Waals surface area contributed by atoms with Gasteiger partial charge in [-0.15, -0.1) is 0 Å². The molecule has 2 aromatic rings. The van der Waals surface area contributed by atoms with Crippen molar-refractivity contribution in [3.05, 3.63) is 53.6 Å². The Morgan fingerprint density at radius 3 is 2.61 bits per heavy atom. The Kier molecular flexibility index (Phi) is 6.16. The van der Waals surface area contributed by atoms with E-state index in [1.165, 1.54) is 4.90 Å².